The van der Waals surface area contributed by atoms with E-state index in [4.69, 9.17) is 4.74 Å². The molecular formula is C19H15BrF2N2O3S. The lowest BCUT2D eigenvalue weighted by molar-refractivity contribution is -0.0504. The number of nitrogens with zero attached hydrogens (tertiary/aromatic N) is 1. The smallest absolute Gasteiger partial charge is 0.387 e. The Labute approximate surface area is 172 Å². The van der Waals surface area contributed by atoms with Crippen LogP contribution in [-0.4, -0.2) is 17.5 Å². The summed E-state index contributed by atoms with van der Waals surface area (Å²) in [6.07, 6.45) is 0. The quantitative estimate of drug-likeness (QED) is 0.504. The number of carbonyl (C=O) groups is 1. The molecule has 3 rings (SSSR count). The van der Waals surface area contributed by atoms with Crippen molar-refractivity contribution in [1.29, 1.82) is 0 Å². The molecule has 0 bridgehead atoms. The van der Waals surface area contributed by atoms with Gasteiger partial charge in [0, 0.05) is 27.5 Å². The highest BCUT2D eigenvalue weighted by molar-refractivity contribution is 9.10. The second-order valence-corrected chi connectivity index (χ2v) is 7.24. The Morgan fingerprint density at radius 3 is 2.86 bits per heavy atom. The highest BCUT2D eigenvalue weighted by Gasteiger charge is 2.13. The average Bonchev–Trinajstić information content (AvgIpc) is 3.20. The largest absolute Gasteiger partial charge is 0.487 e. The van der Waals surface area contributed by atoms with Crippen molar-refractivity contribution in [3.8, 4) is 11.5 Å². The van der Waals surface area contributed by atoms with Gasteiger partial charge in [0.15, 0.2) is 0 Å². The maximum absolute atomic E-state index is 12.5. The topological polar surface area (TPSA) is 60.5 Å². The molecule has 3 aromatic rings. The fourth-order valence-corrected chi connectivity index (χ4v) is 3.32. The molecule has 0 aliphatic carbocycles. The first-order valence-electron chi connectivity index (χ1n) is 8.12. The van der Waals surface area contributed by atoms with E-state index in [0.717, 1.165) is 5.69 Å². The Bertz CT molecular complexity index is 939. The van der Waals surface area contributed by atoms with Gasteiger partial charge in [0.2, 0.25) is 0 Å². The molecule has 28 heavy (non-hydrogen) atoms. The van der Waals surface area contributed by atoms with Crippen LogP contribution in [0.2, 0.25) is 0 Å². The zero-order valence-corrected chi connectivity index (χ0v) is 16.8. The lowest BCUT2D eigenvalue weighted by atomic mass is 10.1. The van der Waals surface area contributed by atoms with Crippen molar-refractivity contribution in [2.45, 2.75) is 19.8 Å². The van der Waals surface area contributed by atoms with Gasteiger partial charge in [-0.1, -0.05) is 22.0 Å². The predicted molar refractivity (Wildman–Crippen MR) is 105 cm³/mol. The first-order valence-corrected chi connectivity index (χ1v) is 9.86. The standard InChI is InChI=1S/C19H15BrF2N2O3S/c20-14-4-5-17(27-19(21)22)13(6-14)8-23-18(25)12-2-1-3-16(7-12)26-9-15-10-28-11-24-15/h1-7,10-11,19H,8-9H2,(H,23,25). The van der Waals surface area contributed by atoms with E-state index in [2.05, 4.69) is 31.0 Å². The lowest BCUT2D eigenvalue weighted by Gasteiger charge is -2.12. The number of rotatable bonds is 8. The van der Waals surface area contributed by atoms with Crippen LogP contribution < -0.4 is 14.8 Å². The van der Waals surface area contributed by atoms with Crippen LogP contribution in [0, 0.1) is 0 Å². The zero-order chi connectivity index (χ0) is 19.9. The second-order valence-electron chi connectivity index (χ2n) is 5.61. The fourth-order valence-electron chi connectivity index (χ4n) is 2.37. The Morgan fingerprint density at radius 2 is 2.11 bits per heavy atom. The maximum Gasteiger partial charge on any atom is 0.387 e. The summed E-state index contributed by atoms with van der Waals surface area (Å²) in [6, 6.07) is 11.3. The lowest BCUT2D eigenvalue weighted by Crippen LogP contribution is -2.23. The third-order valence-corrected chi connectivity index (χ3v) is 4.77. The molecule has 2 aromatic carbocycles. The maximum atomic E-state index is 12.5. The van der Waals surface area contributed by atoms with E-state index in [1.54, 1.807) is 41.9 Å². The molecule has 0 unspecified atom stereocenters. The van der Waals surface area contributed by atoms with Crippen LogP contribution in [-0.2, 0) is 13.2 Å². The molecule has 0 radical (unpaired) electrons. The average molecular weight is 469 g/mol. The number of benzene rings is 2. The molecule has 1 heterocycles. The van der Waals surface area contributed by atoms with E-state index in [0.29, 0.717) is 28.0 Å². The summed E-state index contributed by atoms with van der Waals surface area (Å²) in [4.78, 5) is 16.6. The molecule has 0 saturated heterocycles. The Morgan fingerprint density at radius 1 is 1.25 bits per heavy atom. The van der Waals surface area contributed by atoms with E-state index < -0.39 is 6.61 Å². The van der Waals surface area contributed by atoms with Gasteiger partial charge in [-0.15, -0.1) is 11.3 Å². The van der Waals surface area contributed by atoms with Crippen molar-refractivity contribution in [2.75, 3.05) is 0 Å². The van der Waals surface area contributed by atoms with Gasteiger partial charge in [-0.25, -0.2) is 4.98 Å². The number of ether oxygens (including phenoxy) is 2. The number of hydrogen-bond acceptors (Lipinski definition) is 5. The van der Waals surface area contributed by atoms with Crippen LogP contribution in [0.25, 0.3) is 0 Å². The minimum atomic E-state index is -2.94. The van der Waals surface area contributed by atoms with Crippen LogP contribution in [0.5, 0.6) is 11.5 Å². The third kappa shape index (κ3) is 5.74. The van der Waals surface area contributed by atoms with Crippen LogP contribution in [0.15, 0.2) is 57.8 Å². The number of nitrogens with one attached hydrogen (secondary N) is 1. The normalized spacial score (nSPS) is 10.7. The number of halogens is 3. The van der Waals surface area contributed by atoms with Crippen molar-refractivity contribution >= 4 is 33.2 Å². The van der Waals surface area contributed by atoms with Crippen molar-refractivity contribution in [3.05, 3.63) is 74.6 Å². The van der Waals surface area contributed by atoms with Gasteiger partial charge < -0.3 is 14.8 Å². The number of thiazole rings is 1. The third-order valence-electron chi connectivity index (χ3n) is 3.64. The predicted octanol–water partition coefficient (Wildman–Crippen LogP) is 5.02. The van der Waals surface area contributed by atoms with Crippen molar-refractivity contribution < 1.29 is 23.0 Å². The fraction of sp³-hybridized carbons (Fsp3) is 0.158. The minimum Gasteiger partial charge on any atom is -0.487 e. The van der Waals surface area contributed by atoms with Gasteiger partial charge in [-0.05, 0) is 36.4 Å². The van der Waals surface area contributed by atoms with Crippen LogP contribution in [0.3, 0.4) is 0 Å². The number of alkyl halides is 2. The van der Waals surface area contributed by atoms with Crippen LogP contribution >= 0.6 is 27.3 Å². The molecule has 0 aliphatic rings. The van der Waals surface area contributed by atoms with Crippen molar-refractivity contribution in [2.24, 2.45) is 0 Å². The Hall–Kier alpha value is -2.52. The summed E-state index contributed by atoms with van der Waals surface area (Å²) < 4.78 is 35.9. The van der Waals surface area contributed by atoms with Crippen LogP contribution in [0.1, 0.15) is 21.6 Å². The summed E-state index contributed by atoms with van der Waals surface area (Å²) in [5.74, 6) is 0.186. The van der Waals surface area contributed by atoms with Crippen LogP contribution in [0.4, 0.5) is 8.78 Å². The van der Waals surface area contributed by atoms with Gasteiger partial charge in [0.1, 0.15) is 18.1 Å². The molecule has 0 aliphatic heterocycles. The summed E-state index contributed by atoms with van der Waals surface area (Å²) in [5.41, 5.74) is 3.35. The SMILES string of the molecule is O=C(NCc1cc(Br)ccc1OC(F)F)c1cccc(OCc2cscn2)c1. The summed E-state index contributed by atoms with van der Waals surface area (Å²) in [6.45, 7) is -2.60. The summed E-state index contributed by atoms with van der Waals surface area (Å²) >= 11 is 4.76. The number of aromatic nitrogens is 1. The first-order chi connectivity index (χ1) is 13.5. The summed E-state index contributed by atoms with van der Waals surface area (Å²) in [7, 11) is 0. The molecular weight excluding hydrogens is 454 g/mol. The monoisotopic (exact) mass is 468 g/mol. The molecule has 0 saturated carbocycles. The highest BCUT2D eigenvalue weighted by Crippen LogP contribution is 2.25. The molecule has 0 spiro atoms. The molecule has 1 amide bonds. The molecule has 9 heteroatoms. The summed E-state index contributed by atoms with van der Waals surface area (Å²) in [5, 5.41) is 4.58. The Balaban J connectivity index is 1.63. The minimum absolute atomic E-state index is 0.0128. The molecule has 0 atom stereocenters. The first kappa shape index (κ1) is 20.2. The molecule has 5 nitrogen and oxygen atoms in total. The van der Waals surface area contributed by atoms with Crippen molar-refractivity contribution in [1.82, 2.24) is 10.3 Å². The van der Waals surface area contributed by atoms with Gasteiger partial charge in [-0.3, -0.25) is 4.79 Å². The molecule has 1 N–H and O–H groups in total. The van der Waals surface area contributed by atoms with Gasteiger partial charge in [0.25, 0.3) is 5.91 Å². The molecule has 1 aromatic heterocycles. The van der Waals surface area contributed by atoms with E-state index in [1.807, 2.05) is 5.38 Å². The van der Waals surface area contributed by atoms with E-state index in [1.165, 1.54) is 17.4 Å². The number of amides is 1. The number of hydrogen-bond donors (Lipinski definition) is 1. The van der Waals surface area contributed by atoms with Gasteiger partial charge >= 0.3 is 6.61 Å². The number of carbonyl (C=O) groups excluding carboxylic acids is 1. The van der Waals surface area contributed by atoms with Gasteiger partial charge in [0.05, 0.1) is 11.2 Å². The Kier molecular flexibility index (Phi) is 6.94. The zero-order valence-electron chi connectivity index (χ0n) is 14.4. The van der Waals surface area contributed by atoms with E-state index in [-0.39, 0.29) is 18.2 Å². The second kappa shape index (κ2) is 9.61. The molecule has 0 fully saturated rings. The van der Waals surface area contributed by atoms with Gasteiger partial charge in [-0.2, -0.15) is 8.78 Å². The highest BCUT2D eigenvalue weighted by atomic mass is 79.9. The van der Waals surface area contributed by atoms with E-state index in [9.17, 15) is 13.6 Å². The van der Waals surface area contributed by atoms with Crippen molar-refractivity contribution in [3.63, 3.8) is 0 Å². The molecule has 146 valence electrons. The van der Waals surface area contributed by atoms with E-state index >= 15 is 0 Å².